The second-order valence-electron chi connectivity index (χ2n) is 3.66. The van der Waals surface area contributed by atoms with Gasteiger partial charge in [0.15, 0.2) is 0 Å². The van der Waals surface area contributed by atoms with Gasteiger partial charge < -0.3 is 16.2 Å². The van der Waals surface area contributed by atoms with Crippen LogP contribution in [0, 0.1) is 0 Å². The Hall–Kier alpha value is -0.610. The van der Waals surface area contributed by atoms with E-state index in [1.807, 2.05) is 0 Å². The van der Waals surface area contributed by atoms with E-state index < -0.39 is 0 Å². The van der Waals surface area contributed by atoms with E-state index in [2.05, 4.69) is 0 Å². The highest BCUT2D eigenvalue weighted by molar-refractivity contribution is 5.73. The average Bonchev–Trinajstić information content (AvgIpc) is 2.53. The smallest absolute Gasteiger partial charge is 0.219 e. The molecule has 0 aromatic carbocycles. The first-order valence-electron chi connectivity index (χ1n) is 4.81. The van der Waals surface area contributed by atoms with Crippen LogP contribution in [0.15, 0.2) is 0 Å². The lowest BCUT2D eigenvalue weighted by Crippen LogP contribution is -2.38. The van der Waals surface area contributed by atoms with Crippen molar-refractivity contribution in [3.05, 3.63) is 0 Å². The van der Waals surface area contributed by atoms with Gasteiger partial charge in [0, 0.05) is 13.0 Å². The highest BCUT2D eigenvalue weighted by atomic mass is 16.5. The lowest BCUT2D eigenvalue weighted by Gasteiger charge is -2.27. The number of ether oxygens (including phenoxy) is 1. The summed E-state index contributed by atoms with van der Waals surface area (Å²) in [6.07, 6.45) is 4.67. The Morgan fingerprint density at radius 2 is 2.00 bits per heavy atom. The zero-order valence-corrected chi connectivity index (χ0v) is 7.92. The van der Waals surface area contributed by atoms with Gasteiger partial charge in [-0.05, 0) is 12.8 Å². The van der Waals surface area contributed by atoms with Gasteiger partial charge in [-0.1, -0.05) is 12.8 Å². The molecule has 1 saturated carbocycles. The molecule has 4 nitrogen and oxygen atoms in total. The Kier molecular flexibility index (Phi) is 3.69. The van der Waals surface area contributed by atoms with Crippen molar-refractivity contribution in [2.75, 3.05) is 13.2 Å². The lowest BCUT2D eigenvalue weighted by atomic mass is 10.0. The van der Waals surface area contributed by atoms with E-state index in [-0.39, 0.29) is 11.5 Å². The maximum absolute atomic E-state index is 10.5. The maximum Gasteiger partial charge on any atom is 0.219 e. The molecule has 1 rings (SSSR count). The maximum atomic E-state index is 10.5. The zero-order valence-electron chi connectivity index (χ0n) is 7.92. The van der Waals surface area contributed by atoms with Crippen molar-refractivity contribution in [1.29, 1.82) is 0 Å². The molecule has 0 aliphatic heterocycles. The van der Waals surface area contributed by atoms with Crippen LogP contribution in [-0.2, 0) is 9.53 Å². The number of hydrogen-bond donors (Lipinski definition) is 2. The number of rotatable bonds is 5. The lowest BCUT2D eigenvalue weighted by molar-refractivity contribution is -0.120. The summed E-state index contributed by atoms with van der Waals surface area (Å²) in [6, 6.07) is 0. The molecular weight excluding hydrogens is 168 g/mol. The standard InChI is InChI=1S/C9H18N2O2/c10-7-9(4-1-2-5-9)13-6-3-8(11)12/h1-7,10H2,(H2,11,12). The fourth-order valence-corrected chi connectivity index (χ4v) is 1.79. The van der Waals surface area contributed by atoms with E-state index in [1.54, 1.807) is 0 Å². The summed E-state index contributed by atoms with van der Waals surface area (Å²) in [5.74, 6) is -0.315. The number of primary amides is 1. The molecule has 0 unspecified atom stereocenters. The van der Waals surface area contributed by atoms with E-state index in [1.165, 1.54) is 12.8 Å². The van der Waals surface area contributed by atoms with Gasteiger partial charge in [0.2, 0.25) is 5.91 Å². The third kappa shape index (κ3) is 2.97. The molecule has 0 aromatic rings. The Balaban J connectivity index is 2.27. The Labute approximate surface area is 78.6 Å². The van der Waals surface area contributed by atoms with Crippen LogP contribution >= 0.6 is 0 Å². The highest BCUT2D eigenvalue weighted by Crippen LogP contribution is 2.32. The third-order valence-electron chi connectivity index (χ3n) is 2.64. The van der Waals surface area contributed by atoms with Crippen molar-refractivity contribution in [3.8, 4) is 0 Å². The summed E-state index contributed by atoms with van der Waals surface area (Å²) in [6.45, 7) is 0.957. The summed E-state index contributed by atoms with van der Waals surface area (Å²) in [5.41, 5.74) is 10.5. The minimum absolute atomic E-state index is 0.157. The fourth-order valence-electron chi connectivity index (χ4n) is 1.79. The Morgan fingerprint density at radius 1 is 1.38 bits per heavy atom. The molecule has 1 fully saturated rings. The summed E-state index contributed by atoms with van der Waals surface area (Å²) in [7, 11) is 0. The number of nitrogens with two attached hydrogens (primary N) is 2. The molecule has 0 saturated heterocycles. The summed E-state index contributed by atoms with van der Waals surface area (Å²) < 4.78 is 5.62. The summed E-state index contributed by atoms with van der Waals surface area (Å²) in [4.78, 5) is 10.5. The van der Waals surface area contributed by atoms with Crippen LogP contribution in [0.2, 0.25) is 0 Å². The molecule has 0 bridgehead atoms. The predicted molar refractivity (Wildman–Crippen MR) is 50.0 cm³/mol. The van der Waals surface area contributed by atoms with Gasteiger partial charge >= 0.3 is 0 Å². The summed E-state index contributed by atoms with van der Waals surface area (Å²) >= 11 is 0. The van der Waals surface area contributed by atoms with E-state index >= 15 is 0 Å². The molecular formula is C9H18N2O2. The van der Waals surface area contributed by atoms with Crippen molar-refractivity contribution < 1.29 is 9.53 Å². The van der Waals surface area contributed by atoms with Crippen LogP contribution in [0.1, 0.15) is 32.1 Å². The molecule has 76 valence electrons. The summed E-state index contributed by atoms with van der Waals surface area (Å²) in [5, 5.41) is 0. The minimum atomic E-state index is -0.315. The van der Waals surface area contributed by atoms with Crippen LogP contribution in [0.25, 0.3) is 0 Å². The van der Waals surface area contributed by atoms with Gasteiger partial charge in [-0.3, -0.25) is 4.79 Å². The SMILES string of the molecule is NCC1(OCCC(N)=O)CCCC1. The fraction of sp³-hybridized carbons (Fsp3) is 0.889. The van der Waals surface area contributed by atoms with E-state index in [0.717, 1.165) is 12.8 Å². The van der Waals surface area contributed by atoms with Crippen molar-refractivity contribution in [2.24, 2.45) is 11.5 Å². The van der Waals surface area contributed by atoms with Crippen LogP contribution in [-0.4, -0.2) is 24.7 Å². The minimum Gasteiger partial charge on any atom is -0.373 e. The van der Waals surface area contributed by atoms with Crippen molar-refractivity contribution in [3.63, 3.8) is 0 Å². The largest absolute Gasteiger partial charge is 0.373 e. The Bertz CT molecular complexity index is 176. The molecule has 4 heteroatoms. The second-order valence-corrected chi connectivity index (χ2v) is 3.66. The van der Waals surface area contributed by atoms with E-state index in [4.69, 9.17) is 16.2 Å². The molecule has 0 radical (unpaired) electrons. The quantitative estimate of drug-likeness (QED) is 0.641. The first-order valence-corrected chi connectivity index (χ1v) is 4.81. The molecule has 0 atom stereocenters. The molecule has 0 aromatic heterocycles. The van der Waals surface area contributed by atoms with Crippen molar-refractivity contribution in [1.82, 2.24) is 0 Å². The molecule has 1 aliphatic carbocycles. The van der Waals surface area contributed by atoms with Gasteiger partial charge in [-0.2, -0.15) is 0 Å². The van der Waals surface area contributed by atoms with Crippen LogP contribution in [0.3, 0.4) is 0 Å². The second kappa shape index (κ2) is 4.58. The van der Waals surface area contributed by atoms with E-state index in [9.17, 15) is 4.79 Å². The number of amides is 1. The van der Waals surface area contributed by atoms with Crippen LogP contribution in [0.5, 0.6) is 0 Å². The molecule has 1 amide bonds. The van der Waals surface area contributed by atoms with Gasteiger partial charge in [-0.15, -0.1) is 0 Å². The first-order chi connectivity index (χ1) is 6.18. The predicted octanol–water partition coefficient (Wildman–Crippen LogP) is 0.150. The topological polar surface area (TPSA) is 78.3 Å². The average molecular weight is 186 g/mol. The van der Waals surface area contributed by atoms with Crippen molar-refractivity contribution >= 4 is 5.91 Å². The first kappa shape index (κ1) is 10.5. The van der Waals surface area contributed by atoms with Gasteiger partial charge in [0.1, 0.15) is 0 Å². The monoisotopic (exact) mass is 186 g/mol. The Morgan fingerprint density at radius 3 is 2.46 bits per heavy atom. The number of carbonyl (C=O) groups excluding carboxylic acids is 1. The highest BCUT2D eigenvalue weighted by Gasteiger charge is 2.33. The zero-order chi connectivity index (χ0) is 9.73. The van der Waals surface area contributed by atoms with Gasteiger partial charge in [-0.25, -0.2) is 0 Å². The molecule has 4 N–H and O–H groups in total. The molecule has 0 heterocycles. The van der Waals surface area contributed by atoms with Crippen LogP contribution in [0.4, 0.5) is 0 Å². The molecule has 0 spiro atoms. The molecule has 1 aliphatic rings. The molecule has 13 heavy (non-hydrogen) atoms. The third-order valence-corrected chi connectivity index (χ3v) is 2.64. The van der Waals surface area contributed by atoms with Gasteiger partial charge in [0.25, 0.3) is 0 Å². The van der Waals surface area contributed by atoms with E-state index in [0.29, 0.717) is 19.6 Å². The van der Waals surface area contributed by atoms with Crippen molar-refractivity contribution in [2.45, 2.75) is 37.7 Å². The number of carbonyl (C=O) groups is 1. The van der Waals surface area contributed by atoms with Crippen LogP contribution < -0.4 is 11.5 Å². The normalized spacial score (nSPS) is 20.4. The number of hydrogen-bond acceptors (Lipinski definition) is 3. The van der Waals surface area contributed by atoms with Gasteiger partial charge in [0.05, 0.1) is 12.2 Å².